The molecule has 0 aliphatic heterocycles. The van der Waals surface area contributed by atoms with Crippen molar-refractivity contribution >= 4 is 33.0 Å². The van der Waals surface area contributed by atoms with Crippen LogP contribution in [-0.2, 0) is 0 Å². The lowest BCUT2D eigenvalue weighted by Gasteiger charge is -2.12. The molecule has 156 valence electrons. The van der Waals surface area contributed by atoms with Gasteiger partial charge in [0.15, 0.2) is 17.3 Å². The summed E-state index contributed by atoms with van der Waals surface area (Å²) in [5, 5.41) is 4.78. The highest BCUT2D eigenvalue weighted by Crippen LogP contribution is 2.32. The predicted octanol–water partition coefficient (Wildman–Crippen LogP) is 4.86. The molecular weight excluding hydrogens is 465 g/mol. The number of halogens is 2. The van der Waals surface area contributed by atoms with E-state index in [9.17, 15) is 9.18 Å². The molecule has 0 amide bonds. The van der Waals surface area contributed by atoms with E-state index in [2.05, 4.69) is 26.0 Å². The first-order valence-electron chi connectivity index (χ1n) is 9.25. The zero-order valence-corrected chi connectivity index (χ0v) is 18.3. The number of hydrogen-bond acceptors (Lipinski definition) is 5. The van der Waals surface area contributed by atoms with Gasteiger partial charge in [0.25, 0.3) is 5.56 Å². The average molecular weight is 482 g/mol. The summed E-state index contributed by atoms with van der Waals surface area (Å²) < 4.78 is 25.9. The maximum atomic E-state index is 13.3. The third-order valence-corrected chi connectivity index (χ3v) is 5.14. The fourth-order valence-corrected chi connectivity index (χ4v) is 3.45. The molecule has 0 unspecified atom stereocenters. The molecule has 0 aliphatic rings. The van der Waals surface area contributed by atoms with Crippen molar-refractivity contribution in [3.63, 3.8) is 0 Å². The minimum Gasteiger partial charge on any atom is -0.493 e. The Kier molecular flexibility index (Phi) is 5.81. The van der Waals surface area contributed by atoms with Gasteiger partial charge in [0.1, 0.15) is 5.82 Å². The van der Waals surface area contributed by atoms with Crippen molar-refractivity contribution in [2.24, 2.45) is 5.10 Å². The van der Waals surface area contributed by atoms with Crippen molar-refractivity contribution in [2.45, 2.75) is 0 Å². The van der Waals surface area contributed by atoms with Crippen molar-refractivity contribution in [2.75, 3.05) is 14.2 Å². The van der Waals surface area contributed by atoms with Gasteiger partial charge in [-0.15, -0.1) is 0 Å². The van der Waals surface area contributed by atoms with E-state index in [-0.39, 0.29) is 11.4 Å². The molecule has 4 rings (SSSR count). The van der Waals surface area contributed by atoms with Gasteiger partial charge in [0.2, 0.25) is 0 Å². The Morgan fingerprint density at radius 3 is 2.45 bits per heavy atom. The van der Waals surface area contributed by atoms with E-state index in [1.807, 2.05) is 6.07 Å². The number of fused-ring (bicyclic) bond motifs is 1. The quantitative estimate of drug-likeness (QED) is 0.381. The average Bonchev–Trinajstić information content (AvgIpc) is 2.79. The molecular formula is C23H17BrFN3O3. The molecule has 0 saturated carbocycles. The van der Waals surface area contributed by atoms with Gasteiger partial charge in [0.05, 0.1) is 31.3 Å². The number of aromatic nitrogens is 2. The molecule has 31 heavy (non-hydrogen) atoms. The minimum atomic E-state index is -0.349. The smallest absolute Gasteiger partial charge is 0.282 e. The van der Waals surface area contributed by atoms with Crippen LogP contribution in [0.1, 0.15) is 5.56 Å². The van der Waals surface area contributed by atoms with Crippen LogP contribution < -0.4 is 15.0 Å². The first-order valence-corrected chi connectivity index (χ1v) is 10.0. The fourth-order valence-electron chi connectivity index (χ4n) is 3.09. The third kappa shape index (κ3) is 4.20. The Labute approximate surface area is 185 Å². The minimum absolute atomic E-state index is 0.333. The fraction of sp³-hybridized carbons (Fsp3) is 0.0870. The molecule has 0 fully saturated rings. The summed E-state index contributed by atoms with van der Waals surface area (Å²) in [6.45, 7) is 0. The van der Waals surface area contributed by atoms with Crippen LogP contribution in [0.2, 0.25) is 0 Å². The zero-order chi connectivity index (χ0) is 22.0. The summed E-state index contributed by atoms with van der Waals surface area (Å²) in [7, 11) is 3.08. The molecule has 8 heteroatoms. The van der Waals surface area contributed by atoms with E-state index in [4.69, 9.17) is 9.47 Å². The summed E-state index contributed by atoms with van der Waals surface area (Å²) in [5.74, 6) is 1.04. The molecule has 0 atom stereocenters. The molecule has 1 heterocycles. The van der Waals surface area contributed by atoms with Gasteiger partial charge in [-0.1, -0.05) is 28.1 Å². The van der Waals surface area contributed by atoms with Crippen LogP contribution in [0.15, 0.2) is 75.0 Å². The van der Waals surface area contributed by atoms with Crippen LogP contribution >= 0.6 is 15.9 Å². The van der Waals surface area contributed by atoms with Gasteiger partial charge in [-0.3, -0.25) is 4.79 Å². The van der Waals surface area contributed by atoms with Gasteiger partial charge >= 0.3 is 0 Å². The summed E-state index contributed by atoms with van der Waals surface area (Å²) in [6.07, 6.45) is 1.48. The normalized spacial score (nSPS) is 11.2. The summed E-state index contributed by atoms with van der Waals surface area (Å²) >= 11 is 3.39. The van der Waals surface area contributed by atoms with Gasteiger partial charge in [-0.2, -0.15) is 9.78 Å². The van der Waals surface area contributed by atoms with Crippen molar-refractivity contribution in [3.8, 4) is 22.9 Å². The second-order valence-corrected chi connectivity index (χ2v) is 7.50. The monoisotopic (exact) mass is 481 g/mol. The van der Waals surface area contributed by atoms with Gasteiger partial charge in [-0.05, 0) is 54.1 Å². The van der Waals surface area contributed by atoms with Crippen LogP contribution in [0.5, 0.6) is 11.5 Å². The highest BCUT2D eigenvalue weighted by atomic mass is 79.9. The predicted molar refractivity (Wildman–Crippen MR) is 122 cm³/mol. The van der Waals surface area contributed by atoms with Crippen LogP contribution in [0.4, 0.5) is 4.39 Å². The molecule has 1 aromatic heterocycles. The Morgan fingerprint density at radius 1 is 1.00 bits per heavy atom. The number of methoxy groups -OCH3 is 2. The zero-order valence-electron chi connectivity index (χ0n) is 16.7. The Hall–Kier alpha value is -3.52. The molecule has 0 N–H and O–H groups in total. The first kappa shape index (κ1) is 20.7. The number of ether oxygens (including phenoxy) is 2. The van der Waals surface area contributed by atoms with Crippen LogP contribution in [0.3, 0.4) is 0 Å². The number of hydrogen-bond donors (Lipinski definition) is 0. The van der Waals surface area contributed by atoms with E-state index in [1.165, 1.54) is 30.1 Å². The maximum Gasteiger partial charge on any atom is 0.282 e. The van der Waals surface area contributed by atoms with Crippen LogP contribution in [0.25, 0.3) is 22.3 Å². The van der Waals surface area contributed by atoms with Gasteiger partial charge in [-0.25, -0.2) is 9.37 Å². The Balaban J connectivity index is 1.95. The topological polar surface area (TPSA) is 65.7 Å². The standard InChI is InChI=1S/C23H17BrFN3O3/c1-30-20-10-5-15(11-21(20)31-2)22-27-19-9-6-16(24)12-18(19)23(29)28(22)26-13-14-3-7-17(25)8-4-14/h3-13H,1-2H3. The van der Waals surface area contributed by atoms with Crippen molar-refractivity contribution in [3.05, 3.63) is 86.9 Å². The highest BCUT2D eigenvalue weighted by Gasteiger charge is 2.15. The molecule has 3 aromatic carbocycles. The van der Waals surface area contributed by atoms with Crippen molar-refractivity contribution in [1.29, 1.82) is 0 Å². The van der Waals surface area contributed by atoms with Crippen molar-refractivity contribution < 1.29 is 13.9 Å². The summed E-state index contributed by atoms with van der Waals surface area (Å²) in [6, 6.07) is 16.3. The van der Waals surface area contributed by atoms with E-state index >= 15 is 0 Å². The maximum absolute atomic E-state index is 13.3. The second-order valence-electron chi connectivity index (χ2n) is 6.58. The number of benzene rings is 3. The van der Waals surface area contributed by atoms with E-state index in [0.717, 1.165) is 4.47 Å². The first-order chi connectivity index (χ1) is 15.0. The van der Waals surface area contributed by atoms with E-state index in [0.29, 0.717) is 39.4 Å². The van der Waals surface area contributed by atoms with Gasteiger partial charge < -0.3 is 9.47 Å². The van der Waals surface area contributed by atoms with Crippen LogP contribution in [-0.4, -0.2) is 30.1 Å². The highest BCUT2D eigenvalue weighted by molar-refractivity contribution is 9.10. The Bertz CT molecular complexity index is 1350. The summed E-state index contributed by atoms with van der Waals surface area (Å²) in [5.41, 5.74) is 1.46. The van der Waals surface area contributed by atoms with E-state index < -0.39 is 0 Å². The van der Waals surface area contributed by atoms with Crippen molar-refractivity contribution in [1.82, 2.24) is 9.66 Å². The lowest BCUT2D eigenvalue weighted by atomic mass is 10.1. The molecule has 6 nitrogen and oxygen atoms in total. The molecule has 4 aromatic rings. The number of nitrogens with zero attached hydrogens (tertiary/aromatic N) is 3. The molecule has 0 radical (unpaired) electrons. The molecule has 0 bridgehead atoms. The third-order valence-electron chi connectivity index (χ3n) is 4.64. The number of rotatable bonds is 5. The second kappa shape index (κ2) is 8.69. The van der Waals surface area contributed by atoms with Crippen LogP contribution in [0, 0.1) is 5.82 Å². The van der Waals surface area contributed by atoms with Gasteiger partial charge in [0, 0.05) is 10.0 Å². The molecule has 0 spiro atoms. The summed E-state index contributed by atoms with van der Waals surface area (Å²) in [4.78, 5) is 18.0. The molecule has 0 saturated heterocycles. The van der Waals surface area contributed by atoms with E-state index in [1.54, 1.807) is 49.6 Å². The lowest BCUT2D eigenvalue weighted by molar-refractivity contribution is 0.355. The SMILES string of the molecule is COc1ccc(-c2nc3ccc(Br)cc3c(=O)n2N=Cc2ccc(F)cc2)cc1OC. The largest absolute Gasteiger partial charge is 0.493 e. The lowest BCUT2D eigenvalue weighted by Crippen LogP contribution is -2.20. The Morgan fingerprint density at radius 2 is 1.74 bits per heavy atom. The molecule has 0 aliphatic carbocycles.